The van der Waals surface area contributed by atoms with Crippen LogP contribution in [0.2, 0.25) is 0 Å². The molecule has 1 atom stereocenters. The molecule has 30 heavy (non-hydrogen) atoms. The van der Waals surface area contributed by atoms with Crippen molar-refractivity contribution in [3.63, 3.8) is 0 Å². The maximum Gasteiger partial charge on any atom is 0.245 e. The number of hydrogen-bond acceptors (Lipinski definition) is 2. The number of aryl methyl sites for hydroxylation is 1. The Morgan fingerprint density at radius 1 is 0.867 bits per heavy atom. The van der Waals surface area contributed by atoms with E-state index in [-0.39, 0.29) is 24.4 Å². The van der Waals surface area contributed by atoms with Gasteiger partial charge in [0.05, 0.1) is 17.9 Å². The van der Waals surface area contributed by atoms with Crippen molar-refractivity contribution < 1.29 is 4.79 Å². The Morgan fingerprint density at radius 2 is 1.47 bits per heavy atom. The van der Waals surface area contributed by atoms with Gasteiger partial charge in [-0.05, 0) is 53.6 Å². The Kier molecular flexibility index (Phi) is 6.03. The van der Waals surface area contributed by atoms with Crippen LogP contribution in [0.5, 0.6) is 0 Å². The van der Waals surface area contributed by atoms with E-state index in [4.69, 9.17) is 0 Å². The number of nitrogens with one attached hydrogen (secondary N) is 1. The molecule has 0 spiro atoms. The number of rotatable bonds is 3. The zero-order valence-corrected chi connectivity index (χ0v) is 17.6. The van der Waals surface area contributed by atoms with E-state index in [9.17, 15) is 4.79 Å². The predicted octanol–water partition coefficient (Wildman–Crippen LogP) is 5.92. The molecule has 1 heterocycles. The van der Waals surface area contributed by atoms with Crippen LogP contribution in [0.25, 0.3) is 12.2 Å². The van der Waals surface area contributed by atoms with Gasteiger partial charge in [-0.2, -0.15) is 0 Å². The molecule has 0 aromatic heterocycles. The number of fused-ring (bicyclic) bond motifs is 3. The first-order chi connectivity index (χ1) is 14.3. The zero-order chi connectivity index (χ0) is 19.6. The number of benzene rings is 3. The molecule has 3 nitrogen and oxygen atoms in total. The second-order valence-electron chi connectivity index (χ2n) is 7.70. The molecule has 152 valence electrons. The van der Waals surface area contributed by atoms with Crippen molar-refractivity contribution in [2.24, 2.45) is 0 Å². The number of amides is 1. The van der Waals surface area contributed by atoms with Gasteiger partial charge in [0.25, 0.3) is 0 Å². The van der Waals surface area contributed by atoms with Crippen molar-refractivity contribution in [2.75, 3.05) is 11.4 Å². The lowest BCUT2D eigenvalue weighted by molar-refractivity contribution is -0.117. The number of anilines is 2. The monoisotopic (exact) mass is 416 g/mol. The number of nitrogens with zero attached hydrogens (tertiary/aromatic N) is 1. The summed E-state index contributed by atoms with van der Waals surface area (Å²) in [6.45, 7) is 0.307. The van der Waals surface area contributed by atoms with Crippen LogP contribution in [-0.4, -0.2) is 12.5 Å². The fourth-order valence-corrected chi connectivity index (χ4v) is 4.50. The molecule has 1 unspecified atom stereocenters. The molecule has 1 aliphatic carbocycles. The van der Waals surface area contributed by atoms with Gasteiger partial charge in [0.1, 0.15) is 0 Å². The van der Waals surface area contributed by atoms with Crippen LogP contribution in [-0.2, 0) is 11.2 Å². The molecule has 1 N–H and O–H groups in total. The Balaban J connectivity index is 0.00000218. The minimum atomic E-state index is 0. The summed E-state index contributed by atoms with van der Waals surface area (Å²) in [5, 5.41) is 3.55. The fraction of sp³-hybridized carbons (Fsp3) is 0.192. The van der Waals surface area contributed by atoms with E-state index in [0.29, 0.717) is 6.54 Å². The Hall–Kier alpha value is -2.88. The van der Waals surface area contributed by atoms with E-state index in [1.807, 2.05) is 41.3 Å². The van der Waals surface area contributed by atoms with Crippen LogP contribution < -0.4 is 10.2 Å². The van der Waals surface area contributed by atoms with Crippen molar-refractivity contribution in [1.29, 1.82) is 0 Å². The third-order valence-corrected chi connectivity index (χ3v) is 5.92. The van der Waals surface area contributed by atoms with E-state index < -0.39 is 0 Å². The minimum Gasteiger partial charge on any atom is -0.301 e. The quantitative estimate of drug-likeness (QED) is 0.574. The topological polar surface area (TPSA) is 32.3 Å². The number of carbonyl (C=O) groups is 1. The van der Waals surface area contributed by atoms with Crippen LogP contribution in [0.3, 0.4) is 0 Å². The molecule has 0 radical (unpaired) electrons. The van der Waals surface area contributed by atoms with Gasteiger partial charge in [-0.3, -0.25) is 9.69 Å². The third kappa shape index (κ3) is 3.79. The summed E-state index contributed by atoms with van der Waals surface area (Å²) in [7, 11) is 0. The summed E-state index contributed by atoms with van der Waals surface area (Å²) in [6.07, 6.45) is 7.53. The summed E-state index contributed by atoms with van der Waals surface area (Å²) in [5.41, 5.74) is 6.72. The number of halogens is 1. The minimum absolute atomic E-state index is 0. The van der Waals surface area contributed by atoms with Gasteiger partial charge >= 0.3 is 0 Å². The molecular weight excluding hydrogens is 392 g/mol. The van der Waals surface area contributed by atoms with Crippen molar-refractivity contribution in [1.82, 2.24) is 5.32 Å². The van der Waals surface area contributed by atoms with E-state index in [2.05, 4.69) is 53.9 Å². The van der Waals surface area contributed by atoms with Crippen LogP contribution in [0, 0.1) is 0 Å². The van der Waals surface area contributed by atoms with Gasteiger partial charge in [-0.1, -0.05) is 72.8 Å². The second-order valence-corrected chi connectivity index (χ2v) is 7.70. The summed E-state index contributed by atoms with van der Waals surface area (Å²) in [4.78, 5) is 15.3. The van der Waals surface area contributed by atoms with E-state index in [0.717, 1.165) is 41.8 Å². The highest BCUT2D eigenvalue weighted by Crippen LogP contribution is 2.36. The normalized spacial score (nSPS) is 16.5. The highest BCUT2D eigenvalue weighted by atomic mass is 35.5. The average molecular weight is 417 g/mol. The van der Waals surface area contributed by atoms with E-state index in [1.165, 1.54) is 11.1 Å². The van der Waals surface area contributed by atoms with Crippen LogP contribution >= 0.6 is 12.4 Å². The van der Waals surface area contributed by atoms with Gasteiger partial charge in [0.15, 0.2) is 0 Å². The van der Waals surface area contributed by atoms with Gasteiger partial charge in [-0.15, -0.1) is 12.4 Å². The first-order valence-corrected chi connectivity index (χ1v) is 10.3. The highest BCUT2D eigenvalue weighted by Gasteiger charge is 2.25. The zero-order valence-electron chi connectivity index (χ0n) is 16.8. The molecular formula is C26H25ClN2O. The lowest BCUT2D eigenvalue weighted by atomic mass is 9.88. The van der Waals surface area contributed by atoms with Crippen molar-refractivity contribution in [3.05, 3.63) is 95.1 Å². The Morgan fingerprint density at radius 3 is 2.17 bits per heavy atom. The second kappa shape index (κ2) is 8.86. The predicted molar refractivity (Wildman–Crippen MR) is 126 cm³/mol. The van der Waals surface area contributed by atoms with Crippen molar-refractivity contribution >= 4 is 41.8 Å². The van der Waals surface area contributed by atoms with Gasteiger partial charge in [-0.25, -0.2) is 0 Å². The average Bonchev–Trinajstić information content (AvgIpc) is 2.94. The molecule has 3 aromatic carbocycles. The molecule has 0 saturated heterocycles. The molecule has 0 saturated carbocycles. The number of carbonyl (C=O) groups excluding carboxylic acids is 1. The molecule has 1 aliphatic heterocycles. The number of hydrogen-bond donors (Lipinski definition) is 1. The molecule has 4 heteroatoms. The summed E-state index contributed by atoms with van der Waals surface area (Å²) in [5.74, 6) is 0.0663. The maximum absolute atomic E-state index is 13.5. The molecule has 1 amide bonds. The van der Waals surface area contributed by atoms with Crippen LogP contribution in [0.15, 0.2) is 72.8 Å². The van der Waals surface area contributed by atoms with E-state index in [1.54, 1.807) is 0 Å². The Labute approximate surface area is 183 Å². The standard InChI is InChI=1S/C26H24N2O.ClH/c29-26(18-27-23-13-7-11-19-8-1-4-12-22(19)23)28-24-14-5-2-9-20(24)16-17-21-10-3-6-15-25(21)28;/h1-6,8-10,12,14-17,23,27H,7,11,13,18H2;1H. The Bertz CT molecular complexity index is 1040. The SMILES string of the molecule is Cl.O=C(CNC1CCCc2ccccc21)N1c2ccccc2C=Cc2ccccc21. The first-order valence-electron chi connectivity index (χ1n) is 10.3. The van der Waals surface area contributed by atoms with Crippen molar-refractivity contribution in [3.8, 4) is 0 Å². The van der Waals surface area contributed by atoms with Gasteiger partial charge in [0.2, 0.25) is 5.91 Å². The molecule has 0 fully saturated rings. The van der Waals surface area contributed by atoms with Crippen molar-refractivity contribution in [2.45, 2.75) is 25.3 Å². The van der Waals surface area contributed by atoms with Gasteiger partial charge in [0, 0.05) is 6.04 Å². The highest BCUT2D eigenvalue weighted by molar-refractivity contribution is 6.07. The summed E-state index contributed by atoms with van der Waals surface area (Å²) >= 11 is 0. The molecule has 5 rings (SSSR count). The van der Waals surface area contributed by atoms with Gasteiger partial charge < -0.3 is 5.32 Å². The lowest BCUT2D eigenvalue weighted by Gasteiger charge is -2.29. The fourth-order valence-electron chi connectivity index (χ4n) is 4.50. The maximum atomic E-state index is 13.5. The smallest absolute Gasteiger partial charge is 0.245 e. The molecule has 2 aliphatic rings. The van der Waals surface area contributed by atoms with E-state index >= 15 is 0 Å². The first kappa shape index (κ1) is 20.4. The number of para-hydroxylation sites is 2. The molecule has 3 aromatic rings. The summed E-state index contributed by atoms with van der Waals surface area (Å²) < 4.78 is 0. The summed E-state index contributed by atoms with van der Waals surface area (Å²) in [6, 6.07) is 25.0. The van der Waals surface area contributed by atoms with Crippen LogP contribution in [0.4, 0.5) is 11.4 Å². The van der Waals surface area contributed by atoms with Crippen LogP contribution in [0.1, 0.15) is 41.1 Å². The lowest BCUT2D eigenvalue weighted by Crippen LogP contribution is -2.38. The largest absolute Gasteiger partial charge is 0.301 e. The molecule has 0 bridgehead atoms. The third-order valence-electron chi connectivity index (χ3n) is 5.92.